The van der Waals surface area contributed by atoms with Crippen molar-refractivity contribution in [1.82, 2.24) is 9.55 Å². The number of fused-ring (bicyclic) bond motifs is 1. The van der Waals surface area contributed by atoms with Crippen molar-refractivity contribution in [3.63, 3.8) is 0 Å². The van der Waals surface area contributed by atoms with Crippen molar-refractivity contribution in [2.75, 3.05) is 18.0 Å². The molecule has 41 heavy (non-hydrogen) atoms. The van der Waals surface area contributed by atoms with Crippen LogP contribution >= 0.6 is 0 Å². The van der Waals surface area contributed by atoms with Crippen LogP contribution in [-0.2, 0) is 10.1 Å². The van der Waals surface area contributed by atoms with E-state index in [2.05, 4.69) is 4.98 Å². The van der Waals surface area contributed by atoms with Crippen LogP contribution in [0.5, 0.6) is 0 Å². The van der Waals surface area contributed by atoms with Crippen LogP contribution in [0.1, 0.15) is 22.3 Å². The van der Waals surface area contributed by atoms with Crippen molar-refractivity contribution in [2.24, 2.45) is 5.73 Å². The first-order valence-electron chi connectivity index (χ1n) is 11.8. The Morgan fingerprint density at radius 3 is 2.27 bits per heavy atom. The molecule has 15 heteroatoms. The van der Waals surface area contributed by atoms with Crippen molar-refractivity contribution in [1.29, 1.82) is 0 Å². The monoisotopic (exact) mass is 594 g/mol. The van der Waals surface area contributed by atoms with Crippen LogP contribution < -0.4 is 16.1 Å². The van der Waals surface area contributed by atoms with Crippen LogP contribution in [0.4, 0.5) is 19.0 Å². The van der Waals surface area contributed by atoms with Gasteiger partial charge in [0.05, 0.1) is 16.0 Å². The molecule has 1 fully saturated rings. The largest absolute Gasteiger partial charge is 0.477 e. The Morgan fingerprint density at radius 2 is 1.73 bits per heavy atom. The van der Waals surface area contributed by atoms with E-state index in [1.807, 2.05) is 6.92 Å². The fourth-order valence-corrected chi connectivity index (χ4v) is 4.62. The predicted molar refractivity (Wildman–Crippen MR) is 144 cm³/mol. The molecule has 0 saturated carbocycles. The summed E-state index contributed by atoms with van der Waals surface area (Å²) in [6.45, 7) is 2.63. The fraction of sp³-hybridized carbons (Fsp3) is 0.192. The van der Waals surface area contributed by atoms with Crippen molar-refractivity contribution in [3.05, 3.63) is 93.5 Å². The van der Waals surface area contributed by atoms with Gasteiger partial charge >= 0.3 is 5.97 Å². The lowest BCUT2D eigenvalue weighted by Gasteiger charge is -2.19. The minimum atomic E-state index is -4.02. The van der Waals surface area contributed by atoms with E-state index in [1.165, 1.54) is 12.1 Å². The van der Waals surface area contributed by atoms with Crippen LogP contribution in [0.25, 0.3) is 16.7 Å². The van der Waals surface area contributed by atoms with Gasteiger partial charge in [0.1, 0.15) is 17.2 Å². The first kappa shape index (κ1) is 31.2. The van der Waals surface area contributed by atoms with Gasteiger partial charge < -0.3 is 21.2 Å². The van der Waals surface area contributed by atoms with Gasteiger partial charge in [-0.25, -0.2) is 22.9 Å². The lowest BCUT2D eigenvalue weighted by atomic mass is 10.1. The van der Waals surface area contributed by atoms with Crippen LogP contribution in [-0.4, -0.2) is 58.2 Å². The Bertz CT molecular complexity index is 1780. The molecule has 1 atom stereocenters. The third kappa shape index (κ3) is 6.71. The van der Waals surface area contributed by atoms with E-state index in [0.717, 1.165) is 34.5 Å². The Morgan fingerprint density at radius 1 is 1.07 bits per heavy atom. The predicted octanol–water partition coefficient (Wildman–Crippen LogP) is 2.46. The van der Waals surface area contributed by atoms with Crippen molar-refractivity contribution in [3.8, 4) is 5.69 Å². The van der Waals surface area contributed by atoms with E-state index in [9.17, 15) is 36.3 Å². The zero-order chi connectivity index (χ0) is 29.4. The molecule has 3 heterocycles. The second-order valence-electron chi connectivity index (χ2n) is 9.09. The maximum atomic E-state index is 14.7. The molecular weight excluding hydrogens is 569 g/mol. The standard InChI is InChI=1S/C19H15F3N4O3.C7H8O3S.H2O/c20-9-1-2-15(13(21)5-9)26-8-12(19(28)29)16(27)11-6-14(22)18(24-17(11)26)25-4-3-10(23)7-25;1-6-2-4-7(5-3-6)11(8,9)10;/h1-2,5-6,8,10H,3-4,7,23H2,(H,28,29);2-5H,1H3,(H,8,9,10);1H2/t10-;;/m0../s1. The molecule has 2 aromatic heterocycles. The summed E-state index contributed by atoms with van der Waals surface area (Å²) in [5, 5.41) is 9.00. The van der Waals surface area contributed by atoms with E-state index in [4.69, 9.17) is 10.3 Å². The fourth-order valence-electron chi connectivity index (χ4n) is 4.14. The second-order valence-corrected chi connectivity index (χ2v) is 10.5. The van der Waals surface area contributed by atoms with Crippen molar-refractivity contribution >= 4 is 32.9 Å². The molecule has 6 N–H and O–H groups in total. The average Bonchev–Trinajstić information content (AvgIpc) is 3.30. The minimum Gasteiger partial charge on any atom is -0.477 e. The van der Waals surface area contributed by atoms with Gasteiger partial charge in [0.15, 0.2) is 17.3 Å². The molecule has 1 aliphatic rings. The van der Waals surface area contributed by atoms with E-state index in [-0.39, 0.29) is 39.0 Å². The molecule has 218 valence electrons. The number of carbonyl (C=O) groups is 1. The number of halogens is 3. The summed E-state index contributed by atoms with van der Waals surface area (Å²) in [6, 6.07) is 9.38. The summed E-state index contributed by atoms with van der Waals surface area (Å²) in [6.07, 6.45) is 1.52. The van der Waals surface area contributed by atoms with Gasteiger partial charge in [-0.15, -0.1) is 0 Å². The highest BCUT2D eigenvalue weighted by atomic mass is 32.2. The van der Waals surface area contributed by atoms with E-state index in [0.29, 0.717) is 25.6 Å². The van der Waals surface area contributed by atoms with E-state index in [1.54, 1.807) is 17.0 Å². The molecule has 5 rings (SSSR count). The van der Waals surface area contributed by atoms with Crippen LogP contribution in [0, 0.1) is 24.4 Å². The number of aromatic carboxylic acids is 1. The molecule has 0 spiro atoms. The number of carboxylic acid groups (broad SMARTS) is 1. The molecule has 0 bridgehead atoms. The van der Waals surface area contributed by atoms with Crippen molar-refractivity contribution < 1.29 is 41.5 Å². The van der Waals surface area contributed by atoms with E-state index < -0.39 is 44.5 Å². The number of nitrogens with zero attached hydrogens (tertiary/aromatic N) is 3. The first-order valence-corrected chi connectivity index (χ1v) is 13.2. The summed E-state index contributed by atoms with van der Waals surface area (Å²) in [5.74, 6) is -4.30. The summed E-state index contributed by atoms with van der Waals surface area (Å²) in [7, 11) is -4.02. The van der Waals surface area contributed by atoms with Crippen molar-refractivity contribution in [2.45, 2.75) is 24.3 Å². The summed E-state index contributed by atoms with van der Waals surface area (Å²) in [5.41, 5.74) is 4.78. The number of hydrogen-bond donors (Lipinski definition) is 3. The third-order valence-electron chi connectivity index (χ3n) is 6.16. The van der Waals surface area contributed by atoms with Gasteiger partial charge in [-0.2, -0.15) is 8.42 Å². The van der Waals surface area contributed by atoms with Crippen LogP contribution in [0.2, 0.25) is 0 Å². The highest BCUT2D eigenvalue weighted by molar-refractivity contribution is 7.85. The minimum absolute atomic E-state index is 0. The maximum absolute atomic E-state index is 14.7. The molecule has 4 aromatic rings. The zero-order valence-electron chi connectivity index (χ0n) is 21.4. The second kappa shape index (κ2) is 12.1. The molecule has 0 radical (unpaired) electrons. The lowest BCUT2D eigenvalue weighted by molar-refractivity contribution is 0.0695. The smallest absolute Gasteiger partial charge is 0.341 e. The van der Waals surface area contributed by atoms with Gasteiger partial charge in [0.2, 0.25) is 5.43 Å². The number of benzene rings is 2. The number of hydrogen-bond acceptors (Lipinski definition) is 7. The molecule has 0 aliphatic carbocycles. The average molecular weight is 595 g/mol. The number of rotatable bonds is 4. The first-order chi connectivity index (χ1) is 18.8. The summed E-state index contributed by atoms with van der Waals surface area (Å²) in [4.78, 5) is 29.8. The van der Waals surface area contributed by atoms with Gasteiger partial charge in [0, 0.05) is 31.4 Å². The summed E-state index contributed by atoms with van der Waals surface area (Å²) >= 11 is 0. The zero-order valence-corrected chi connectivity index (χ0v) is 22.2. The summed E-state index contributed by atoms with van der Waals surface area (Å²) < 4.78 is 73.0. The van der Waals surface area contributed by atoms with Gasteiger partial charge in [-0.1, -0.05) is 17.7 Å². The number of nitrogens with two attached hydrogens (primary N) is 1. The Hall–Kier alpha value is -4.31. The molecule has 11 nitrogen and oxygen atoms in total. The molecule has 2 aromatic carbocycles. The topological polar surface area (TPSA) is 187 Å². The Labute approximate surface area is 231 Å². The molecule has 0 unspecified atom stereocenters. The normalized spacial score (nSPS) is 14.8. The number of aromatic nitrogens is 2. The number of pyridine rings is 2. The molecule has 0 amide bonds. The number of carboxylic acids is 1. The highest BCUT2D eigenvalue weighted by Gasteiger charge is 2.26. The maximum Gasteiger partial charge on any atom is 0.341 e. The SMILES string of the molecule is Cc1ccc(S(=O)(=O)O)cc1.N[C@H]1CCN(c2nc3c(cc2F)c(=O)c(C(=O)O)cn3-c2ccc(F)cc2F)C1.O. The lowest BCUT2D eigenvalue weighted by Crippen LogP contribution is -2.28. The quantitative estimate of drug-likeness (QED) is 0.298. The van der Waals surface area contributed by atoms with Gasteiger partial charge in [-0.05, 0) is 43.7 Å². The highest BCUT2D eigenvalue weighted by Crippen LogP contribution is 2.26. The Balaban J connectivity index is 0.000000326. The molecular formula is C26H25F3N4O7S. The van der Waals surface area contributed by atoms with Gasteiger partial charge in [-0.3, -0.25) is 13.9 Å². The van der Waals surface area contributed by atoms with E-state index >= 15 is 0 Å². The number of anilines is 1. The number of aryl methyl sites for hydroxylation is 1. The Kier molecular flexibility index (Phi) is 9.18. The third-order valence-corrected chi connectivity index (χ3v) is 7.02. The van der Waals surface area contributed by atoms with Crippen LogP contribution in [0.3, 0.4) is 0 Å². The van der Waals surface area contributed by atoms with Gasteiger partial charge in [0.25, 0.3) is 10.1 Å². The molecule has 1 saturated heterocycles. The molecule has 1 aliphatic heterocycles. The van der Waals surface area contributed by atoms with Crippen LogP contribution in [0.15, 0.2) is 64.4 Å².